The fourth-order valence-corrected chi connectivity index (χ4v) is 1.14. The maximum absolute atomic E-state index is 8.57. The summed E-state index contributed by atoms with van der Waals surface area (Å²) < 4.78 is 0. The van der Waals surface area contributed by atoms with Crippen LogP contribution in [0, 0.1) is 23.7 Å². The normalized spacial score (nSPS) is 8.79. The lowest BCUT2D eigenvalue weighted by Crippen LogP contribution is -2.22. The van der Waals surface area contributed by atoms with Crippen molar-refractivity contribution in [1.82, 2.24) is 4.98 Å². The van der Waals surface area contributed by atoms with E-state index < -0.39 is 0 Å². The highest BCUT2D eigenvalue weighted by molar-refractivity contribution is 5.46. The third-order valence-corrected chi connectivity index (χ3v) is 1.89. The maximum Gasteiger partial charge on any atom is 0.140 e. The molecule has 70 valence electrons. The lowest BCUT2D eigenvalue weighted by atomic mass is 10.3. The Bertz CT molecular complexity index is 367. The van der Waals surface area contributed by atoms with Gasteiger partial charge in [0, 0.05) is 6.54 Å². The number of aromatic nitrogens is 1. The molecule has 0 aliphatic heterocycles. The first-order valence-electron chi connectivity index (χ1n) is 4.36. The van der Waals surface area contributed by atoms with E-state index in [1.807, 2.05) is 24.0 Å². The molecule has 0 bridgehead atoms. The third-order valence-electron chi connectivity index (χ3n) is 1.89. The molecule has 0 aliphatic carbocycles. The molecule has 0 atom stereocenters. The van der Waals surface area contributed by atoms with Gasteiger partial charge in [-0.1, -0.05) is 5.92 Å². The minimum Gasteiger partial charge on any atom is -0.359 e. The van der Waals surface area contributed by atoms with Crippen molar-refractivity contribution in [2.75, 3.05) is 18.0 Å². The van der Waals surface area contributed by atoms with Crippen LogP contribution in [-0.2, 0) is 0 Å². The van der Waals surface area contributed by atoms with Crippen LogP contribution >= 0.6 is 0 Å². The Morgan fingerprint density at radius 1 is 1.57 bits per heavy atom. The van der Waals surface area contributed by atoms with Gasteiger partial charge in [-0.05, 0) is 19.1 Å². The molecule has 0 fully saturated rings. The Hall–Kier alpha value is -2.00. The summed E-state index contributed by atoms with van der Waals surface area (Å²) in [5.41, 5.74) is 1.37. The van der Waals surface area contributed by atoms with E-state index in [9.17, 15) is 0 Å². The number of rotatable bonds is 3. The summed E-state index contributed by atoms with van der Waals surface area (Å²) in [4.78, 5) is 5.98. The zero-order valence-corrected chi connectivity index (χ0v) is 8.07. The highest BCUT2D eigenvalue weighted by Gasteiger charge is 2.02. The van der Waals surface area contributed by atoms with Crippen LogP contribution in [0.15, 0.2) is 18.3 Å². The molecule has 0 spiro atoms. The van der Waals surface area contributed by atoms with Crippen LogP contribution in [0.5, 0.6) is 0 Å². The van der Waals surface area contributed by atoms with Crippen LogP contribution in [0.25, 0.3) is 0 Å². The Labute approximate surface area is 84.0 Å². The van der Waals surface area contributed by atoms with Gasteiger partial charge in [-0.25, -0.2) is 4.98 Å². The number of terminal acetylenes is 1. The first kappa shape index (κ1) is 10.1. The largest absolute Gasteiger partial charge is 0.359 e. The standard InChI is InChI=1S/C11H11N3/c1-3-7-14(4-2)11-6-5-10(8-12)13-9-11/h1,5-6,9H,4,7H2,2H3. The van der Waals surface area contributed by atoms with Gasteiger partial charge < -0.3 is 4.90 Å². The van der Waals surface area contributed by atoms with E-state index >= 15 is 0 Å². The van der Waals surface area contributed by atoms with Crippen LogP contribution < -0.4 is 4.90 Å². The van der Waals surface area contributed by atoms with Crippen molar-refractivity contribution in [3.63, 3.8) is 0 Å². The Morgan fingerprint density at radius 3 is 2.79 bits per heavy atom. The molecule has 1 heterocycles. The zero-order valence-electron chi connectivity index (χ0n) is 8.07. The van der Waals surface area contributed by atoms with Crippen LogP contribution in [0.2, 0.25) is 0 Å². The van der Waals surface area contributed by atoms with Crippen molar-refractivity contribution in [3.8, 4) is 18.4 Å². The van der Waals surface area contributed by atoms with E-state index in [1.165, 1.54) is 0 Å². The Morgan fingerprint density at radius 2 is 2.36 bits per heavy atom. The number of nitriles is 1. The van der Waals surface area contributed by atoms with Gasteiger partial charge in [-0.3, -0.25) is 0 Å². The second-order valence-electron chi connectivity index (χ2n) is 2.73. The molecule has 0 N–H and O–H groups in total. The molecule has 0 aliphatic rings. The monoisotopic (exact) mass is 185 g/mol. The topological polar surface area (TPSA) is 39.9 Å². The van der Waals surface area contributed by atoms with Crippen molar-refractivity contribution >= 4 is 5.69 Å². The molecule has 1 aromatic rings. The summed E-state index contributed by atoms with van der Waals surface area (Å²) in [5, 5.41) is 8.57. The summed E-state index contributed by atoms with van der Waals surface area (Å²) in [6.07, 6.45) is 6.90. The van der Waals surface area contributed by atoms with Crippen LogP contribution in [-0.4, -0.2) is 18.1 Å². The first-order valence-corrected chi connectivity index (χ1v) is 4.36. The van der Waals surface area contributed by atoms with Gasteiger partial charge in [-0.15, -0.1) is 6.42 Å². The van der Waals surface area contributed by atoms with Crippen LogP contribution in [0.4, 0.5) is 5.69 Å². The van der Waals surface area contributed by atoms with Crippen molar-refractivity contribution in [3.05, 3.63) is 24.0 Å². The highest BCUT2D eigenvalue weighted by Crippen LogP contribution is 2.11. The molecule has 0 saturated carbocycles. The van der Waals surface area contributed by atoms with Gasteiger partial charge in [0.15, 0.2) is 0 Å². The van der Waals surface area contributed by atoms with Crippen molar-refractivity contribution < 1.29 is 0 Å². The number of hydrogen-bond donors (Lipinski definition) is 0. The smallest absolute Gasteiger partial charge is 0.140 e. The van der Waals surface area contributed by atoms with Gasteiger partial charge >= 0.3 is 0 Å². The van der Waals surface area contributed by atoms with E-state index in [-0.39, 0.29) is 0 Å². The summed E-state index contributed by atoms with van der Waals surface area (Å²) in [6.45, 7) is 3.41. The molecule has 14 heavy (non-hydrogen) atoms. The predicted octanol–water partition coefficient (Wildman–Crippen LogP) is 1.41. The van der Waals surface area contributed by atoms with Crippen LogP contribution in [0.1, 0.15) is 12.6 Å². The first-order chi connectivity index (χ1) is 6.81. The maximum atomic E-state index is 8.57. The minimum atomic E-state index is 0.422. The van der Waals surface area contributed by atoms with Crippen molar-refractivity contribution in [2.24, 2.45) is 0 Å². The number of pyridine rings is 1. The molecule has 3 heteroatoms. The fraction of sp³-hybridized carbons (Fsp3) is 0.273. The van der Waals surface area contributed by atoms with E-state index in [2.05, 4.69) is 10.9 Å². The molecule has 0 amide bonds. The third kappa shape index (κ3) is 2.24. The fourth-order valence-electron chi connectivity index (χ4n) is 1.14. The average molecular weight is 185 g/mol. The molecule has 0 unspecified atom stereocenters. The highest BCUT2D eigenvalue weighted by atomic mass is 15.1. The van der Waals surface area contributed by atoms with E-state index in [4.69, 9.17) is 11.7 Å². The SMILES string of the molecule is C#CCN(CC)c1ccc(C#N)nc1. The van der Waals surface area contributed by atoms with Gasteiger partial charge in [0.05, 0.1) is 18.4 Å². The number of anilines is 1. The van der Waals surface area contributed by atoms with Crippen LogP contribution in [0.3, 0.4) is 0 Å². The summed E-state index contributed by atoms with van der Waals surface area (Å²) >= 11 is 0. The molecule has 3 nitrogen and oxygen atoms in total. The van der Waals surface area contributed by atoms with Gasteiger partial charge in [0.2, 0.25) is 0 Å². The van der Waals surface area contributed by atoms with E-state index in [0.717, 1.165) is 12.2 Å². The molecule has 1 aromatic heterocycles. The van der Waals surface area contributed by atoms with E-state index in [0.29, 0.717) is 12.2 Å². The summed E-state index contributed by atoms with van der Waals surface area (Å²) in [7, 11) is 0. The van der Waals surface area contributed by atoms with Gasteiger partial charge in [0.25, 0.3) is 0 Å². The Balaban J connectivity index is 2.86. The second kappa shape index (κ2) is 4.89. The van der Waals surface area contributed by atoms with Crippen molar-refractivity contribution in [1.29, 1.82) is 5.26 Å². The zero-order chi connectivity index (χ0) is 10.4. The molecular formula is C11H11N3. The lowest BCUT2D eigenvalue weighted by molar-refractivity contribution is 0.912. The average Bonchev–Trinajstić information content (AvgIpc) is 2.26. The number of hydrogen-bond acceptors (Lipinski definition) is 3. The Kier molecular flexibility index (Phi) is 3.52. The van der Waals surface area contributed by atoms with Gasteiger partial charge in [0.1, 0.15) is 11.8 Å². The second-order valence-corrected chi connectivity index (χ2v) is 2.73. The number of nitrogens with zero attached hydrogens (tertiary/aromatic N) is 3. The molecule has 0 saturated heterocycles. The predicted molar refractivity (Wildman–Crippen MR) is 55.7 cm³/mol. The minimum absolute atomic E-state index is 0.422. The molecule has 0 radical (unpaired) electrons. The van der Waals surface area contributed by atoms with Crippen molar-refractivity contribution in [2.45, 2.75) is 6.92 Å². The molecule has 0 aromatic carbocycles. The van der Waals surface area contributed by atoms with E-state index in [1.54, 1.807) is 12.3 Å². The molecule has 1 rings (SSSR count). The summed E-state index contributed by atoms with van der Waals surface area (Å²) in [6, 6.07) is 5.52. The molecular weight excluding hydrogens is 174 g/mol. The lowest BCUT2D eigenvalue weighted by Gasteiger charge is -2.19. The summed E-state index contributed by atoms with van der Waals surface area (Å²) in [5.74, 6) is 2.58. The quantitative estimate of drug-likeness (QED) is 0.668. The van der Waals surface area contributed by atoms with Gasteiger partial charge in [-0.2, -0.15) is 5.26 Å².